The van der Waals surface area contributed by atoms with E-state index in [0.717, 1.165) is 37.0 Å². The van der Waals surface area contributed by atoms with Gasteiger partial charge in [-0.1, -0.05) is 31.0 Å². The van der Waals surface area contributed by atoms with Crippen molar-refractivity contribution in [1.82, 2.24) is 4.90 Å². The monoisotopic (exact) mass is 300 g/mol. The molecule has 4 heteroatoms. The number of halogens is 1. The lowest BCUT2D eigenvalue weighted by Crippen LogP contribution is -2.39. The van der Waals surface area contributed by atoms with Crippen LogP contribution in [0.1, 0.15) is 38.2 Å². The molecule has 22 heavy (non-hydrogen) atoms. The predicted molar refractivity (Wildman–Crippen MR) is 85.3 cm³/mol. The Kier molecular flexibility index (Phi) is 4.36. The van der Waals surface area contributed by atoms with Crippen LogP contribution in [0.25, 0.3) is 0 Å². The largest absolute Gasteiger partial charge is 0.331 e. The Balaban J connectivity index is 1.83. The van der Waals surface area contributed by atoms with E-state index in [9.17, 15) is 9.18 Å². The van der Waals surface area contributed by atoms with Crippen molar-refractivity contribution >= 4 is 11.6 Å². The number of carbonyl (C=O) groups excluding carboxylic acids is 1. The van der Waals surface area contributed by atoms with E-state index in [2.05, 4.69) is 4.99 Å². The second-order valence-corrected chi connectivity index (χ2v) is 6.09. The molecule has 0 N–H and O–H groups in total. The number of allylic oxidation sites excluding steroid dienone is 1. The van der Waals surface area contributed by atoms with Gasteiger partial charge >= 0.3 is 0 Å². The molecule has 0 saturated heterocycles. The minimum atomic E-state index is -0.244. The van der Waals surface area contributed by atoms with E-state index in [-0.39, 0.29) is 17.8 Å². The molecule has 0 atom stereocenters. The normalized spacial score (nSPS) is 18.3. The average Bonchev–Trinajstić information content (AvgIpc) is 3.17. The summed E-state index contributed by atoms with van der Waals surface area (Å²) in [4.78, 5) is 19.0. The van der Waals surface area contributed by atoms with Crippen LogP contribution >= 0.6 is 0 Å². The summed E-state index contributed by atoms with van der Waals surface area (Å²) in [5.41, 5.74) is 2.19. The molecule has 3 nitrogen and oxygen atoms in total. The van der Waals surface area contributed by atoms with Gasteiger partial charge in [0, 0.05) is 29.4 Å². The molecule has 1 fully saturated rings. The Morgan fingerprint density at radius 2 is 2.05 bits per heavy atom. The molecule has 116 valence electrons. The third-order valence-electron chi connectivity index (χ3n) is 4.48. The van der Waals surface area contributed by atoms with Crippen molar-refractivity contribution in [1.29, 1.82) is 0 Å². The summed E-state index contributed by atoms with van der Waals surface area (Å²) in [6.07, 6.45) is 6.15. The third-order valence-corrected chi connectivity index (χ3v) is 4.48. The number of nitrogens with zero attached hydrogens (tertiary/aromatic N) is 2. The Hall–Kier alpha value is -1.97. The molecule has 1 amide bonds. The molecular formula is C18H21FN2O. The van der Waals surface area contributed by atoms with Crippen LogP contribution in [0.4, 0.5) is 4.39 Å². The molecule has 0 radical (unpaired) electrons. The van der Waals surface area contributed by atoms with Crippen molar-refractivity contribution in [2.45, 2.75) is 45.2 Å². The summed E-state index contributed by atoms with van der Waals surface area (Å²) in [6.45, 7) is 2.69. The number of hydrogen-bond donors (Lipinski definition) is 0. The first-order chi connectivity index (χ1) is 10.6. The highest BCUT2D eigenvalue weighted by Gasteiger charge is 2.29. The van der Waals surface area contributed by atoms with Gasteiger partial charge in [0.15, 0.2) is 0 Å². The van der Waals surface area contributed by atoms with Crippen molar-refractivity contribution in [3.8, 4) is 0 Å². The van der Waals surface area contributed by atoms with E-state index in [4.69, 9.17) is 0 Å². The van der Waals surface area contributed by atoms with Crippen molar-refractivity contribution in [3.05, 3.63) is 47.3 Å². The number of benzene rings is 1. The Labute approximate surface area is 130 Å². The zero-order valence-corrected chi connectivity index (χ0v) is 12.9. The first-order valence-electron chi connectivity index (χ1n) is 7.91. The molecule has 1 aromatic carbocycles. The number of aliphatic imine (C=N–C) groups is 1. The highest BCUT2D eigenvalue weighted by Crippen LogP contribution is 2.27. The molecular weight excluding hydrogens is 279 g/mol. The highest BCUT2D eigenvalue weighted by atomic mass is 19.1. The van der Waals surface area contributed by atoms with E-state index in [1.807, 2.05) is 24.0 Å². The van der Waals surface area contributed by atoms with Crippen LogP contribution in [0.3, 0.4) is 0 Å². The minimum absolute atomic E-state index is 0.00996. The molecule has 1 aliphatic heterocycles. The molecule has 0 unspecified atom stereocenters. The van der Waals surface area contributed by atoms with E-state index in [1.165, 1.54) is 6.07 Å². The van der Waals surface area contributed by atoms with Gasteiger partial charge in [-0.2, -0.15) is 0 Å². The molecule has 1 aromatic rings. The third kappa shape index (κ3) is 3.11. The summed E-state index contributed by atoms with van der Waals surface area (Å²) in [5, 5.41) is 0. The van der Waals surface area contributed by atoms with Gasteiger partial charge in [0.2, 0.25) is 0 Å². The van der Waals surface area contributed by atoms with Crippen molar-refractivity contribution in [2.75, 3.05) is 6.54 Å². The van der Waals surface area contributed by atoms with Gasteiger partial charge < -0.3 is 4.90 Å². The van der Waals surface area contributed by atoms with Crippen LogP contribution in [0, 0.1) is 5.82 Å². The van der Waals surface area contributed by atoms with Crippen LogP contribution in [0.2, 0.25) is 0 Å². The van der Waals surface area contributed by atoms with Gasteiger partial charge in [-0.25, -0.2) is 4.39 Å². The second-order valence-electron chi connectivity index (χ2n) is 6.09. The molecule has 1 saturated carbocycles. The van der Waals surface area contributed by atoms with Crippen molar-refractivity contribution < 1.29 is 9.18 Å². The predicted octanol–water partition coefficient (Wildman–Crippen LogP) is 3.50. The fourth-order valence-corrected chi connectivity index (χ4v) is 3.26. The maximum atomic E-state index is 14.0. The van der Waals surface area contributed by atoms with Gasteiger partial charge in [0.05, 0.1) is 6.54 Å². The van der Waals surface area contributed by atoms with E-state index < -0.39 is 0 Å². The van der Waals surface area contributed by atoms with Gasteiger partial charge in [-0.3, -0.25) is 9.79 Å². The summed E-state index contributed by atoms with van der Waals surface area (Å²) < 4.78 is 14.0. The van der Waals surface area contributed by atoms with Crippen molar-refractivity contribution in [3.63, 3.8) is 0 Å². The summed E-state index contributed by atoms with van der Waals surface area (Å²) >= 11 is 0. The van der Waals surface area contributed by atoms with Crippen LogP contribution in [0.5, 0.6) is 0 Å². The Morgan fingerprint density at radius 1 is 1.32 bits per heavy atom. The fraction of sp³-hybridized carbons (Fsp3) is 0.444. The number of carbonyl (C=O) groups is 1. The maximum Gasteiger partial charge on any atom is 0.252 e. The number of rotatable bonds is 4. The van der Waals surface area contributed by atoms with Crippen LogP contribution in [-0.2, 0) is 11.3 Å². The number of hydrogen-bond acceptors (Lipinski definition) is 2. The van der Waals surface area contributed by atoms with Gasteiger partial charge in [0.25, 0.3) is 5.91 Å². The summed E-state index contributed by atoms with van der Waals surface area (Å²) in [7, 11) is 0. The lowest BCUT2D eigenvalue weighted by Gasteiger charge is -2.29. The lowest BCUT2D eigenvalue weighted by molar-refractivity contribution is -0.130. The standard InChI is InChI=1S/C18H21FN2O/c1-13-10-15(11-20-13)18(22)21(16-7-3-4-8-16)12-14-6-2-5-9-17(14)19/h2,5-6,9-10,16H,3-4,7-8,11-12H2,1H3. The quantitative estimate of drug-likeness (QED) is 0.837. The topological polar surface area (TPSA) is 32.7 Å². The van der Waals surface area contributed by atoms with Crippen molar-refractivity contribution in [2.24, 2.45) is 4.99 Å². The Bertz CT molecular complexity index is 630. The van der Waals surface area contributed by atoms with Gasteiger partial charge in [-0.05, 0) is 31.9 Å². The second kappa shape index (κ2) is 6.42. The molecule has 3 rings (SSSR count). The molecule has 0 bridgehead atoms. The molecule has 1 aliphatic carbocycles. The minimum Gasteiger partial charge on any atom is -0.331 e. The van der Waals surface area contributed by atoms with Gasteiger partial charge in [0.1, 0.15) is 5.82 Å². The zero-order chi connectivity index (χ0) is 15.5. The van der Waals surface area contributed by atoms with Gasteiger partial charge in [-0.15, -0.1) is 0 Å². The van der Waals surface area contributed by atoms with E-state index in [0.29, 0.717) is 18.7 Å². The molecule has 2 aliphatic rings. The lowest BCUT2D eigenvalue weighted by atomic mass is 10.1. The smallest absolute Gasteiger partial charge is 0.252 e. The van der Waals surface area contributed by atoms with Crippen LogP contribution < -0.4 is 0 Å². The zero-order valence-electron chi connectivity index (χ0n) is 12.9. The average molecular weight is 300 g/mol. The molecule has 1 heterocycles. The summed E-state index contributed by atoms with van der Waals surface area (Å²) in [5.74, 6) is -0.234. The van der Waals surface area contributed by atoms with Crippen LogP contribution in [0.15, 0.2) is 40.9 Å². The fourth-order valence-electron chi connectivity index (χ4n) is 3.26. The van der Waals surface area contributed by atoms with E-state index in [1.54, 1.807) is 12.1 Å². The highest BCUT2D eigenvalue weighted by molar-refractivity contribution is 6.06. The first kappa shape index (κ1) is 14.9. The van der Waals surface area contributed by atoms with E-state index >= 15 is 0 Å². The summed E-state index contributed by atoms with van der Waals surface area (Å²) in [6, 6.07) is 6.92. The Morgan fingerprint density at radius 3 is 2.68 bits per heavy atom. The van der Waals surface area contributed by atoms with Crippen LogP contribution in [-0.4, -0.2) is 29.1 Å². The molecule has 0 spiro atoms. The SMILES string of the molecule is CC1=NCC(C(=O)N(Cc2ccccc2F)C2CCCC2)=C1. The maximum absolute atomic E-state index is 14.0. The molecule has 0 aromatic heterocycles. The first-order valence-corrected chi connectivity index (χ1v) is 7.91. The number of amides is 1.